The summed E-state index contributed by atoms with van der Waals surface area (Å²) in [5, 5.41) is 0. The maximum absolute atomic E-state index is 15.0. The molecule has 1 aliphatic rings. The average Bonchev–Trinajstić information content (AvgIpc) is 2.84. The molecule has 1 unspecified atom stereocenters. The highest BCUT2D eigenvalue weighted by atomic mass is 19.1. The molecular formula is C27H23F2N3O3. The molecule has 35 heavy (non-hydrogen) atoms. The van der Waals surface area contributed by atoms with Crippen molar-refractivity contribution in [3.63, 3.8) is 0 Å². The molecule has 0 bridgehead atoms. The van der Waals surface area contributed by atoms with Crippen LogP contribution in [0.3, 0.4) is 0 Å². The van der Waals surface area contributed by atoms with Gasteiger partial charge in [0.2, 0.25) is 5.91 Å². The van der Waals surface area contributed by atoms with Crippen molar-refractivity contribution in [1.82, 2.24) is 9.47 Å². The Balaban J connectivity index is 1.68. The standard InChI is InChI=1S/C27H23F2N3O3/c1-4-31-17-20(12-13-23(31)33)27(2)16-24(34)32(26(35)30(27)3)25-21(28)14-19(15-22(25)29)11-10-18-8-6-5-7-9-18/h5-9,12-15,17H,4,16H2,1-3H3. The molecule has 1 aromatic heterocycles. The lowest BCUT2D eigenvalue weighted by molar-refractivity contribution is -0.122. The molecule has 0 saturated carbocycles. The molecule has 0 N–H and O–H groups in total. The van der Waals surface area contributed by atoms with Gasteiger partial charge < -0.3 is 9.47 Å². The summed E-state index contributed by atoms with van der Waals surface area (Å²) >= 11 is 0. The number of carbonyl (C=O) groups excluding carboxylic acids is 2. The number of amides is 3. The van der Waals surface area contributed by atoms with Gasteiger partial charge in [0.25, 0.3) is 5.56 Å². The highest BCUT2D eigenvalue weighted by molar-refractivity contribution is 6.16. The largest absolute Gasteiger partial charge is 0.332 e. The minimum Gasteiger partial charge on any atom is -0.317 e. The van der Waals surface area contributed by atoms with Crippen molar-refractivity contribution < 1.29 is 18.4 Å². The van der Waals surface area contributed by atoms with Crippen LogP contribution in [0.25, 0.3) is 0 Å². The number of aryl methyl sites for hydroxylation is 1. The van der Waals surface area contributed by atoms with Gasteiger partial charge in [-0.1, -0.05) is 30.0 Å². The molecule has 1 saturated heterocycles. The van der Waals surface area contributed by atoms with E-state index in [1.807, 2.05) is 6.07 Å². The minimum absolute atomic E-state index is 0.0736. The third kappa shape index (κ3) is 4.33. The Morgan fingerprint density at radius 1 is 0.943 bits per heavy atom. The van der Waals surface area contributed by atoms with E-state index in [-0.39, 0.29) is 17.5 Å². The normalized spacial score (nSPS) is 17.9. The Kier molecular flexibility index (Phi) is 6.27. The molecule has 0 radical (unpaired) electrons. The quantitative estimate of drug-likeness (QED) is 0.532. The molecule has 2 heterocycles. The van der Waals surface area contributed by atoms with E-state index in [1.165, 1.54) is 22.6 Å². The lowest BCUT2D eigenvalue weighted by Gasteiger charge is -2.45. The highest BCUT2D eigenvalue weighted by Gasteiger charge is 2.47. The summed E-state index contributed by atoms with van der Waals surface area (Å²) in [4.78, 5) is 40.1. The Labute approximate surface area is 201 Å². The number of halogens is 2. The number of rotatable bonds is 3. The number of imide groups is 1. The van der Waals surface area contributed by atoms with Crippen LogP contribution in [0.15, 0.2) is 65.6 Å². The van der Waals surface area contributed by atoms with Crippen LogP contribution in [0.5, 0.6) is 0 Å². The second-order valence-electron chi connectivity index (χ2n) is 8.47. The zero-order valence-electron chi connectivity index (χ0n) is 19.5. The zero-order chi connectivity index (χ0) is 25.3. The average molecular weight is 475 g/mol. The summed E-state index contributed by atoms with van der Waals surface area (Å²) in [5.41, 5.74) is -0.743. The lowest BCUT2D eigenvalue weighted by atomic mass is 9.85. The van der Waals surface area contributed by atoms with Gasteiger partial charge in [0.05, 0.1) is 12.0 Å². The first-order valence-corrected chi connectivity index (χ1v) is 11.0. The Bertz CT molecular complexity index is 1420. The van der Waals surface area contributed by atoms with Crippen molar-refractivity contribution in [2.24, 2.45) is 0 Å². The number of aromatic nitrogens is 1. The van der Waals surface area contributed by atoms with Gasteiger partial charge in [0, 0.05) is 37.0 Å². The van der Waals surface area contributed by atoms with Crippen LogP contribution in [0.4, 0.5) is 19.3 Å². The number of hydrogen-bond donors (Lipinski definition) is 0. The summed E-state index contributed by atoms with van der Waals surface area (Å²) < 4.78 is 31.5. The molecule has 0 spiro atoms. The smallest absolute Gasteiger partial charge is 0.317 e. The molecule has 3 aromatic rings. The van der Waals surface area contributed by atoms with Crippen LogP contribution < -0.4 is 10.5 Å². The fraction of sp³-hybridized carbons (Fsp3) is 0.222. The number of hydrogen-bond acceptors (Lipinski definition) is 3. The Morgan fingerprint density at radius 2 is 1.57 bits per heavy atom. The second kappa shape index (κ2) is 9.18. The first-order valence-electron chi connectivity index (χ1n) is 11.0. The number of pyridine rings is 1. The van der Waals surface area contributed by atoms with E-state index in [2.05, 4.69) is 11.8 Å². The van der Waals surface area contributed by atoms with Gasteiger partial charge in [0.15, 0.2) is 11.6 Å². The van der Waals surface area contributed by atoms with Crippen LogP contribution in [-0.2, 0) is 16.9 Å². The topological polar surface area (TPSA) is 62.6 Å². The van der Waals surface area contributed by atoms with Crippen LogP contribution in [0.2, 0.25) is 0 Å². The van der Waals surface area contributed by atoms with E-state index in [0.717, 1.165) is 12.1 Å². The van der Waals surface area contributed by atoms with Crippen molar-refractivity contribution >= 4 is 17.6 Å². The van der Waals surface area contributed by atoms with E-state index >= 15 is 8.78 Å². The SMILES string of the molecule is CCn1cc(C2(C)CC(=O)N(c3c(F)cc(C#Cc4ccccc4)cc3F)C(=O)N2C)ccc1=O. The van der Waals surface area contributed by atoms with Crippen molar-refractivity contribution in [2.75, 3.05) is 11.9 Å². The van der Waals surface area contributed by atoms with Gasteiger partial charge in [0.1, 0.15) is 5.69 Å². The number of anilines is 1. The van der Waals surface area contributed by atoms with Crippen molar-refractivity contribution in [3.8, 4) is 11.8 Å². The monoisotopic (exact) mass is 475 g/mol. The molecule has 6 nitrogen and oxygen atoms in total. The van der Waals surface area contributed by atoms with Crippen LogP contribution >= 0.6 is 0 Å². The lowest BCUT2D eigenvalue weighted by Crippen LogP contribution is -2.60. The highest BCUT2D eigenvalue weighted by Crippen LogP contribution is 2.38. The molecular weight excluding hydrogens is 452 g/mol. The maximum Gasteiger partial charge on any atom is 0.332 e. The number of urea groups is 1. The number of benzene rings is 2. The second-order valence-corrected chi connectivity index (χ2v) is 8.47. The van der Waals surface area contributed by atoms with E-state index in [1.54, 1.807) is 50.4 Å². The van der Waals surface area contributed by atoms with Gasteiger partial charge in [-0.3, -0.25) is 9.59 Å². The molecule has 2 aromatic carbocycles. The molecule has 1 aliphatic heterocycles. The van der Waals surface area contributed by atoms with Crippen molar-refractivity contribution in [2.45, 2.75) is 32.4 Å². The summed E-state index contributed by atoms with van der Waals surface area (Å²) in [7, 11) is 1.46. The molecule has 178 valence electrons. The van der Waals surface area contributed by atoms with Crippen molar-refractivity contribution in [3.05, 3.63) is 99.5 Å². The molecule has 1 fully saturated rings. The Morgan fingerprint density at radius 3 is 2.20 bits per heavy atom. The third-order valence-electron chi connectivity index (χ3n) is 6.27. The predicted octanol–water partition coefficient (Wildman–Crippen LogP) is 4.25. The molecule has 4 rings (SSSR count). The van der Waals surface area contributed by atoms with Crippen LogP contribution in [-0.4, -0.2) is 28.5 Å². The van der Waals surface area contributed by atoms with Gasteiger partial charge in [-0.25, -0.2) is 18.5 Å². The van der Waals surface area contributed by atoms with Crippen molar-refractivity contribution in [1.29, 1.82) is 0 Å². The zero-order valence-corrected chi connectivity index (χ0v) is 19.5. The molecule has 1 atom stereocenters. The summed E-state index contributed by atoms with van der Waals surface area (Å²) in [6.45, 7) is 3.89. The summed E-state index contributed by atoms with van der Waals surface area (Å²) in [5.74, 6) is 2.62. The maximum atomic E-state index is 15.0. The number of carbonyl (C=O) groups is 2. The van der Waals surface area contributed by atoms with Crippen LogP contribution in [0, 0.1) is 23.5 Å². The number of nitrogens with zero attached hydrogens (tertiary/aromatic N) is 3. The van der Waals surface area contributed by atoms with E-state index < -0.39 is 34.8 Å². The van der Waals surface area contributed by atoms with Gasteiger partial charge >= 0.3 is 6.03 Å². The fourth-order valence-electron chi connectivity index (χ4n) is 4.09. The first kappa shape index (κ1) is 23.9. The molecule has 3 amide bonds. The van der Waals surface area contributed by atoms with Gasteiger partial charge in [-0.05, 0) is 49.7 Å². The first-order chi connectivity index (χ1) is 16.7. The van der Waals surface area contributed by atoms with Gasteiger partial charge in [-0.15, -0.1) is 0 Å². The fourth-order valence-corrected chi connectivity index (χ4v) is 4.09. The molecule has 8 heteroatoms. The van der Waals surface area contributed by atoms with E-state index in [4.69, 9.17) is 0 Å². The predicted molar refractivity (Wildman–Crippen MR) is 128 cm³/mol. The Hall–Kier alpha value is -4.25. The third-order valence-corrected chi connectivity index (χ3v) is 6.27. The van der Waals surface area contributed by atoms with Crippen LogP contribution in [0.1, 0.15) is 37.0 Å². The van der Waals surface area contributed by atoms with E-state index in [9.17, 15) is 14.4 Å². The summed E-state index contributed by atoms with van der Waals surface area (Å²) in [6, 6.07) is 13.0. The summed E-state index contributed by atoms with van der Waals surface area (Å²) in [6.07, 6.45) is 1.36. The molecule has 0 aliphatic carbocycles. The van der Waals surface area contributed by atoms with Gasteiger partial charge in [-0.2, -0.15) is 0 Å². The van der Waals surface area contributed by atoms with E-state index in [0.29, 0.717) is 22.6 Å². The minimum atomic E-state index is -1.11.